The molecule has 2 aromatic heterocycles. The molecular weight excluding hydrogens is 328 g/mol. The number of hydrogen-bond acceptors (Lipinski definition) is 6. The van der Waals surface area contributed by atoms with Gasteiger partial charge in [0.25, 0.3) is 0 Å². The third kappa shape index (κ3) is 3.15. The van der Waals surface area contributed by atoms with Gasteiger partial charge in [-0.05, 0) is 39.1 Å². The van der Waals surface area contributed by atoms with E-state index >= 15 is 0 Å². The first-order chi connectivity index (χ1) is 12.7. The second-order valence-corrected chi connectivity index (χ2v) is 6.96. The molecule has 1 fully saturated rings. The van der Waals surface area contributed by atoms with E-state index in [1.807, 2.05) is 42.5 Å². The van der Waals surface area contributed by atoms with Crippen molar-refractivity contribution in [2.24, 2.45) is 0 Å². The van der Waals surface area contributed by atoms with Crippen molar-refractivity contribution in [2.45, 2.75) is 18.4 Å². The zero-order chi connectivity index (χ0) is 18.0. The van der Waals surface area contributed by atoms with E-state index in [-0.39, 0.29) is 5.54 Å². The summed E-state index contributed by atoms with van der Waals surface area (Å²) in [6.45, 7) is 2.43. The van der Waals surface area contributed by atoms with E-state index in [0.29, 0.717) is 0 Å². The van der Waals surface area contributed by atoms with Crippen molar-refractivity contribution in [1.29, 1.82) is 0 Å². The molecule has 0 unspecified atom stereocenters. The smallest absolute Gasteiger partial charge is 0.185 e. The van der Waals surface area contributed by atoms with Gasteiger partial charge in [0.1, 0.15) is 5.82 Å². The van der Waals surface area contributed by atoms with Gasteiger partial charge in [-0.15, -0.1) is 15.3 Å². The highest BCUT2D eigenvalue weighted by molar-refractivity contribution is 5.59. The molecule has 3 heterocycles. The third-order valence-corrected chi connectivity index (χ3v) is 5.27. The van der Waals surface area contributed by atoms with E-state index in [1.165, 1.54) is 0 Å². The summed E-state index contributed by atoms with van der Waals surface area (Å²) >= 11 is 0. The van der Waals surface area contributed by atoms with Gasteiger partial charge in [0, 0.05) is 30.9 Å². The molecule has 1 N–H and O–H groups in total. The molecule has 0 bridgehead atoms. The van der Waals surface area contributed by atoms with Crippen LogP contribution in [-0.2, 0) is 4.74 Å². The lowest BCUT2D eigenvalue weighted by Gasteiger charge is -2.43. The summed E-state index contributed by atoms with van der Waals surface area (Å²) in [7, 11) is 4.27. The summed E-state index contributed by atoms with van der Waals surface area (Å²) in [4.78, 5) is 2.30. The molecule has 0 saturated carbocycles. The SMILES string of the molecule is CN(C)C1(CNc2ccc3nnc(-c4ccccc4)n3n2)CCOCC1. The lowest BCUT2D eigenvalue weighted by Crippen LogP contribution is -2.53. The van der Waals surface area contributed by atoms with E-state index in [9.17, 15) is 0 Å². The van der Waals surface area contributed by atoms with Crippen molar-refractivity contribution in [2.75, 3.05) is 39.2 Å². The summed E-state index contributed by atoms with van der Waals surface area (Å²) in [5.41, 5.74) is 1.83. The third-order valence-electron chi connectivity index (χ3n) is 5.27. The minimum Gasteiger partial charge on any atom is -0.381 e. The molecule has 0 radical (unpaired) electrons. The number of rotatable bonds is 5. The van der Waals surface area contributed by atoms with E-state index in [2.05, 4.69) is 34.5 Å². The fraction of sp³-hybridized carbons (Fsp3) is 0.421. The van der Waals surface area contributed by atoms with Crippen molar-refractivity contribution in [3.8, 4) is 11.4 Å². The van der Waals surface area contributed by atoms with Crippen LogP contribution in [0.5, 0.6) is 0 Å². The normalized spacial score (nSPS) is 16.9. The molecule has 0 amide bonds. The average Bonchev–Trinajstić information content (AvgIpc) is 3.11. The van der Waals surface area contributed by atoms with Gasteiger partial charge in [0.2, 0.25) is 0 Å². The summed E-state index contributed by atoms with van der Waals surface area (Å²) in [6, 6.07) is 13.9. The number of anilines is 1. The molecule has 1 saturated heterocycles. The van der Waals surface area contributed by atoms with Gasteiger partial charge in [-0.1, -0.05) is 30.3 Å². The average molecular weight is 352 g/mol. The number of fused-ring (bicyclic) bond motifs is 1. The maximum absolute atomic E-state index is 5.55. The van der Waals surface area contributed by atoms with Gasteiger partial charge in [0.05, 0.1) is 0 Å². The highest BCUT2D eigenvalue weighted by Crippen LogP contribution is 2.26. The number of aromatic nitrogens is 4. The Kier molecular flexibility index (Phi) is 4.57. The van der Waals surface area contributed by atoms with Crippen LogP contribution in [0.4, 0.5) is 5.82 Å². The van der Waals surface area contributed by atoms with E-state index in [0.717, 1.165) is 55.5 Å². The quantitative estimate of drug-likeness (QED) is 0.760. The number of ether oxygens (including phenoxy) is 1. The van der Waals surface area contributed by atoms with Crippen LogP contribution in [0.2, 0.25) is 0 Å². The molecule has 4 rings (SSSR count). The van der Waals surface area contributed by atoms with Crippen LogP contribution in [0, 0.1) is 0 Å². The first-order valence-corrected chi connectivity index (χ1v) is 8.95. The Hall–Kier alpha value is -2.51. The van der Waals surface area contributed by atoms with Gasteiger partial charge in [-0.3, -0.25) is 0 Å². The number of benzene rings is 1. The second-order valence-electron chi connectivity index (χ2n) is 6.96. The monoisotopic (exact) mass is 352 g/mol. The van der Waals surface area contributed by atoms with Crippen molar-refractivity contribution in [1.82, 2.24) is 24.7 Å². The van der Waals surface area contributed by atoms with Gasteiger partial charge >= 0.3 is 0 Å². The molecule has 0 aliphatic carbocycles. The zero-order valence-corrected chi connectivity index (χ0v) is 15.2. The predicted molar refractivity (Wildman–Crippen MR) is 101 cm³/mol. The first kappa shape index (κ1) is 16.9. The fourth-order valence-corrected chi connectivity index (χ4v) is 3.44. The maximum Gasteiger partial charge on any atom is 0.185 e. The summed E-state index contributed by atoms with van der Waals surface area (Å²) in [5, 5.41) is 16.8. The molecule has 7 heteroatoms. The Morgan fingerprint density at radius 1 is 1.08 bits per heavy atom. The van der Waals surface area contributed by atoms with Crippen molar-refractivity contribution < 1.29 is 4.74 Å². The molecule has 7 nitrogen and oxygen atoms in total. The molecule has 26 heavy (non-hydrogen) atoms. The van der Waals surface area contributed by atoms with Crippen LogP contribution >= 0.6 is 0 Å². The van der Waals surface area contributed by atoms with E-state index in [4.69, 9.17) is 9.84 Å². The van der Waals surface area contributed by atoms with Gasteiger partial charge in [-0.2, -0.15) is 4.52 Å². The molecule has 0 atom stereocenters. The largest absolute Gasteiger partial charge is 0.381 e. The number of nitrogens with zero attached hydrogens (tertiary/aromatic N) is 5. The number of nitrogens with one attached hydrogen (secondary N) is 1. The van der Waals surface area contributed by atoms with Crippen LogP contribution in [0.1, 0.15) is 12.8 Å². The molecule has 3 aromatic rings. The van der Waals surface area contributed by atoms with Crippen LogP contribution in [-0.4, -0.2) is 64.1 Å². The van der Waals surface area contributed by atoms with Gasteiger partial charge < -0.3 is 15.0 Å². The Labute approximate surface area is 153 Å². The molecular formula is C19H24N6O. The Balaban J connectivity index is 1.59. The maximum atomic E-state index is 5.55. The van der Waals surface area contributed by atoms with Crippen molar-refractivity contribution in [3.05, 3.63) is 42.5 Å². The Morgan fingerprint density at radius 2 is 1.85 bits per heavy atom. The molecule has 0 spiro atoms. The van der Waals surface area contributed by atoms with Gasteiger partial charge in [0.15, 0.2) is 11.5 Å². The molecule has 136 valence electrons. The van der Waals surface area contributed by atoms with E-state index in [1.54, 1.807) is 4.52 Å². The van der Waals surface area contributed by atoms with Gasteiger partial charge in [-0.25, -0.2) is 0 Å². The molecule has 1 aromatic carbocycles. The topological polar surface area (TPSA) is 67.6 Å². The highest BCUT2D eigenvalue weighted by atomic mass is 16.5. The summed E-state index contributed by atoms with van der Waals surface area (Å²) in [5.74, 6) is 1.57. The predicted octanol–water partition coefficient (Wildman–Crippen LogP) is 2.31. The second kappa shape index (κ2) is 7.01. The Morgan fingerprint density at radius 3 is 2.58 bits per heavy atom. The number of hydrogen-bond donors (Lipinski definition) is 1. The highest BCUT2D eigenvalue weighted by Gasteiger charge is 2.34. The lowest BCUT2D eigenvalue weighted by atomic mass is 9.88. The van der Waals surface area contributed by atoms with E-state index < -0.39 is 0 Å². The van der Waals surface area contributed by atoms with Crippen molar-refractivity contribution in [3.63, 3.8) is 0 Å². The van der Waals surface area contributed by atoms with Crippen LogP contribution in [0.3, 0.4) is 0 Å². The van der Waals surface area contributed by atoms with Crippen LogP contribution in [0.25, 0.3) is 17.0 Å². The first-order valence-electron chi connectivity index (χ1n) is 8.95. The molecule has 1 aliphatic rings. The summed E-state index contributed by atoms with van der Waals surface area (Å²) < 4.78 is 7.34. The summed E-state index contributed by atoms with van der Waals surface area (Å²) in [6.07, 6.45) is 2.02. The lowest BCUT2D eigenvalue weighted by molar-refractivity contribution is -0.000672. The fourth-order valence-electron chi connectivity index (χ4n) is 3.44. The zero-order valence-electron chi connectivity index (χ0n) is 15.2. The van der Waals surface area contributed by atoms with Crippen LogP contribution in [0.15, 0.2) is 42.5 Å². The number of likely N-dealkylation sites (N-methyl/N-ethyl adjacent to an activating group) is 1. The Bertz CT molecular complexity index is 870. The molecule has 1 aliphatic heterocycles. The van der Waals surface area contributed by atoms with Crippen molar-refractivity contribution >= 4 is 11.5 Å². The van der Waals surface area contributed by atoms with Crippen LogP contribution < -0.4 is 5.32 Å². The minimum atomic E-state index is 0.0876. The standard InChI is InChI=1S/C19H24N6O/c1-24(2)19(10-12-26-13-11-19)14-20-16-8-9-17-21-22-18(25(17)23-16)15-6-4-3-5-7-15/h3-9H,10-14H2,1-2H3,(H,20,23). The minimum absolute atomic E-state index is 0.0876.